The second kappa shape index (κ2) is 3.05. The molecule has 3 heteroatoms. The first-order valence-corrected chi connectivity index (χ1v) is 3.25. The lowest BCUT2D eigenvalue weighted by Gasteiger charge is -1.99. The third-order valence-corrected chi connectivity index (χ3v) is 1.36. The largest absolute Gasteiger partial charge is 0.508 e. The molecule has 0 fully saturated rings. The summed E-state index contributed by atoms with van der Waals surface area (Å²) >= 11 is 0. The maximum atomic E-state index is 10.4. The van der Waals surface area contributed by atoms with Gasteiger partial charge in [-0.2, -0.15) is 0 Å². The van der Waals surface area contributed by atoms with Crippen molar-refractivity contribution in [2.45, 2.75) is 6.42 Å². The fourth-order valence-electron chi connectivity index (χ4n) is 0.848. The van der Waals surface area contributed by atoms with E-state index < -0.39 is 5.91 Å². The molecular formula is C8H9NO2. The van der Waals surface area contributed by atoms with Crippen molar-refractivity contribution in [1.82, 2.24) is 0 Å². The number of nitrogens with two attached hydrogens (primary N) is 1. The molecule has 0 aliphatic rings. The number of amides is 1. The minimum Gasteiger partial charge on any atom is -0.508 e. The molecule has 1 rings (SSSR count). The van der Waals surface area contributed by atoms with Gasteiger partial charge in [-0.25, -0.2) is 0 Å². The summed E-state index contributed by atoms with van der Waals surface area (Å²) in [6, 6.07) is 6.64. The topological polar surface area (TPSA) is 63.3 Å². The Bertz CT molecular complexity index is 271. The van der Waals surface area contributed by atoms with Gasteiger partial charge in [-0.15, -0.1) is 0 Å². The van der Waals surface area contributed by atoms with Gasteiger partial charge in [0.25, 0.3) is 0 Å². The average molecular weight is 151 g/mol. The molecule has 1 aromatic carbocycles. The van der Waals surface area contributed by atoms with Gasteiger partial charge < -0.3 is 10.8 Å². The monoisotopic (exact) mass is 151 g/mol. The van der Waals surface area contributed by atoms with E-state index in [1.54, 1.807) is 18.2 Å². The summed E-state index contributed by atoms with van der Waals surface area (Å²) < 4.78 is 0. The fourth-order valence-corrected chi connectivity index (χ4v) is 0.848. The zero-order valence-corrected chi connectivity index (χ0v) is 5.95. The lowest BCUT2D eigenvalue weighted by Crippen LogP contribution is -2.13. The van der Waals surface area contributed by atoms with Gasteiger partial charge in [-0.05, 0) is 6.07 Å². The van der Waals surface area contributed by atoms with Gasteiger partial charge in [0.1, 0.15) is 5.75 Å². The molecule has 0 atom stereocenters. The van der Waals surface area contributed by atoms with Crippen molar-refractivity contribution in [1.29, 1.82) is 0 Å². The third kappa shape index (κ3) is 1.97. The first-order chi connectivity index (χ1) is 5.20. The van der Waals surface area contributed by atoms with E-state index in [-0.39, 0.29) is 12.2 Å². The highest BCUT2D eigenvalue weighted by molar-refractivity contribution is 5.77. The van der Waals surface area contributed by atoms with E-state index in [0.29, 0.717) is 5.56 Å². The predicted octanol–water partition coefficient (Wildman–Crippen LogP) is 0.420. The van der Waals surface area contributed by atoms with Gasteiger partial charge in [0, 0.05) is 5.56 Å². The highest BCUT2D eigenvalue weighted by Crippen LogP contribution is 2.15. The Hall–Kier alpha value is -1.51. The summed E-state index contributed by atoms with van der Waals surface area (Å²) in [4.78, 5) is 10.4. The lowest BCUT2D eigenvalue weighted by molar-refractivity contribution is -0.117. The maximum absolute atomic E-state index is 10.4. The van der Waals surface area contributed by atoms with Crippen LogP contribution in [-0.2, 0) is 11.2 Å². The van der Waals surface area contributed by atoms with Crippen LogP contribution in [0.25, 0.3) is 0 Å². The zero-order chi connectivity index (χ0) is 8.27. The summed E-state index contributed by atoms with van der Waals surface area (Å²) in [6.45, 7) is 0. The molecule has 0 bridgehead atoms. The van der Waals surface area contributed by atoms with E-state index in [0.717, 1.165) is 0 Å². The van der Waals surface area contributed by atoms with Gasteiger partial charge in [0.05, 0.1) is 6.42 Å². The molecule has 3 N–H and O–H groups in total. The Kier molecular flexibility index (Phi) is 2.11. The summed E-state index contributed by atoms with van der Waals surface area (Å²) in [5.41, 5.74) is 5.51. The first kappa shape index (κ1) is 7.60. The predicted molar refractivity (Wildman–Crippen MR) is 41.0 cm³/mol. The molecule has 1 amide bonds. The fraction of sp³-hybridized carbons (Fsp3) is 0.125. The van der Waals surface area contributed by atoms with Crippen LogP contribution in [0.1, 0.15) is 5.56 Å². The molecule has 0 aromatic heterocycles. The van der Waals surface area contributed by atoms with Gasteiger partial charge >= 0.3 is 0 Å². The summed E-state index contributed by atoms with van der Waals surface area (Å²) in [5, 5.41) is 9.15. The minimum absolute atomic E-state index is 0.0900. The van der Waals surface area contributed by atoms with Gasteiger partial charge in [0.15, 0.2) is 0 Å². The first-order valence-electron chi connectivity index (χ1n) is 3.25. The number of carbonyl (C=O) groups excluding carboxylic acids is 1. The molecule has 1 aromatic rings. The van der Waals surface area contributed by atoms with Crippen molar-refractivity contribution in [2.75, 3.05) is 0 Å². The van der Waals surface area contributed by atoms with Crippen LogP contribution in [0.5, 0.6) is 5.75 Å². The number of hydrogen-bond acceptors (Lipinski definition) is 2. The number of phenols is 1. The van der Waals surface area contributed by atoms with Crippen molar-refractivity contribution in [3.05, 3.63) is 29.8 Å². The molecular weight excluding hydrogens is 142 g/mol. The molecule has 0 radical (unpaired) electrons. The van der Waals surface area contributed by atoms with E-state index in [1.165, 1.54) is 6.07 Å². The van der Waals surface area contributed by atoms with Crippen LogP contribution in [0.4, 0.5) is 0 Å². The maximum Gasteiger partial charge on any atom is 0.221 e. The molecule has 0 saturated carbocycles. The van der Waals surface area contributed by atoms with Crippen LogP contribution in [0.15, 0.2) is 24.3 Å². The number of benzene rings is 1. The molecule has 58 valence electrons. The van der Waals surface area contributed by atoms with Crippen molar-refractivity contribution in [2.24, 2.45) is 5.73 Å². The number of carbonyl (C=O) groups is 1. The number of aromatic hydroxyl groups is 1. The summed E-state index contributed by atoms with van der Waals surface area (Å²) in [7, 11) is 0. The molecule has 0 aliphatic carbocycles. The molecule has 11 heavy (non-hydrogen) atoms. The van der Waals surface area contributed by atoms with Crippen LogP contribution in [0.3, 0.4) is 0 Å². The Morgan fingerprint density at radius 2 is 2.09 bits per heavy atom. The van der Waals surface area contributed by atoms with E-state index in [2.05, 4.69) is 0 Å². The quantitative estimate of drug-likeness (QED) is 0.643. The van der Waals surface area contributed by atoms with Crippen LogP contribution in [0.2, 0.25) is 0 Å². The smallest absolute Gasteiger partial charge is 0.221 e. The van der Waals surface area contributed by atoms with Crippen molar-refractivity contribution < 1.29 is 9.90 Å². The number of para-hydroxylation sites is 1. The van der Waals surface area contributed by atoms with Gasteiger partial charge in [-0.3, -0.25) is 4.79 Å². The average Bonchev–Trinajstić information content (AvgIpc) is 1.93. The SMILES string of the molecule is NC(=O)Cc1ccccc1O. The zero-order valence-electron chi connectivity index (χ0n) is 5.95. The second-order valence-corrected chi connectivity index (χ2v) is 2.27. The van der Waals surface area contributed by atoms with Crippen LogP contribution in [-0.4, -0.2) is 11.0 Å². The van der Waals surface area contributed by atoms with Crippen LogP contribution < -0.4 is 5.73 Å². The third-order valence-electron chi connectivity index (χ3n) is 1.36. The van der Waals surface area contributed by atoms with Gasteiger partial charge in [-0.1, -0.05) is 18.2 Å². The number of phenolic OH excluding ortho intramolecular Hbond substituents is 1. The lowest BCUT2D eigenvalue weighted by atomic mass is 10.1. The molecule has 3 nitrogen and oxygen atoms in total. The van der Waals surface area contributed by atoms with Crippen LogP contribution >= 0.6 is 0 Å². The molecule has 0 spiro atoms. The molecule has 0 saturated heterocycles. The highest BCUT2D eigenvalue weighted by atomic mass is 16.3. The van der Waals surface area contributed by atoms with Crippen molar-refractivity contribution in [3.8, 4) is 5.75 Å². The molecule has 0 aliphatic heterocycles. The van der Waals surface area contributed by atoms with E-state index in [1.807, 2.05) is 0 Å². The Labute approximate surface area is 64.5 Å². The van der Waals surface area contributed by atoms with Gasteiger partial charge in [0.2, 0.25) is 5.91 Å². The standard InChI is InChI=1S/C8H9NO2/c9-8(11)5-6-3-1-2-4-7(6)10/h1-4,10H,5H2,(H2,9,11). The summed E-state index contributed by atoms with van der Waals surface area (Å²) in [6.07, 6.45) is 0.0900. The summed E-state index contributed by atoms with van der Waals surface area (Å²) in [5.74, 6) is -0.321. The number of rotatable bonds is 2. The Morgan fingerprint density at radius 1 is 1.45 bits per heavy atom. The minimum atomic E-state index is -0.438. The number of primary amides is 1. The second-order valence-electron chi connectivity index (χ2n) is 2.27. The molecule has 0 heterocycles. The molecule has 0 unspecified atom stereocenters. The van der Waals surface area contributed by atoms with E-state index in [4.69, 9.17) is 10.8 Å². The number of hydrogen-bond donors (Lipinski definition) is 2. The Balaban J connectivity index is 2.86. The van der Waals surface area contributed by atoms with Crippen molar-refractivity contribution >= 4 is 5.91 Å². The van der Waals surface area contributed by atoms with E-state index >= 15 is 0 Å². The van der Waals surface area contributed by atoms with Crippen molar-refractivity contribution in [3.63, 3.8) is 0 Å². The van der Waals surface area contributed by atoms with Crippen LogP contribution in [0, 0.1) is 0 Å². The highest BCUT2D eigenvalue weighted by Gasteiger charge is 2.01. The van der Waals surface area contributed by atoms with E-state index in [9.17, 15) is 4.79 Å². The Morgan fingerprint density at radius 3 is 2.64 bits per heavy atom. The normalized spacial score (nSPS) is 9.45.